The predicted molar refractivity (Wildman–Crippen MR) is 53.9 cm³/mol. The Kier molecular flexibility index (Phi) is 13.6. The second-order valence-corrected chi connectivity index (χ2v) is 2.23. The lowest BCUT2D eigenvalue weighted by atomic mass is 10.7. The van der Waals surface area contributed by atoms with E-state index in [1.165, 1.54) is 0 Å². The van der Waals surface area contributed by atoms with Crippen LogP contribution in [0.15, 0.2) is 0 Å². The first-order chi connectivity index (χ1) is 6.58. The molecule has 0 aromatic heterocycles. The van der Waals surface area contributed by atoms with Crippen molar-refractivity contribution in [1.82, 2.24) is 0 Å². The molecule has 5 nitrogen and oxygen atoms in total. The van der Waals surface area contributed by atoms with Gasteiger partial charge in [0.05, 0.1) is 6.61 Å². The lowest BCUT2D eigenvalue weighted by Gasteiger charge is -2.09. The Labute approximate surface area is 85.5 Å². The summed E-state index contributed by atoms with van der Waals surface area (Å²) in [6.45, 7) is 9.31. The molecule has 86 valence electrons. The Morgan fingerprint density at radius 2 is 1.57 bits per heavy atom. The molecular formula is C9H21NO4. The van der Waals surface area contributed by atoms with Crippen LogP contribution in [-0.2, 0) is 14.2 Å². The van der Waals surface area contributed by atoms with Gasteiger partial charge in [-0.25, -0.2) is 4.79 Å². The predicted octanol–water partition coefficient (Wildman–Crippen LogP) is 1.51. The minimum atomic E-state index is -0.711. The molecule has 0 bridgehead atoms. The Morgan fingerprint density at radius 3 is 1.71 bits per heavy atom. The highest BCUT2D eigenvalue weighted by Crippen LogP contribution is 1.90. The summed E-state index contributed by atoms with van der Waals surface area (Å²) in [4.78, 5) is 9.60. The van der Waals surface area contributed by atoms with E-state index in [0.717, 1.165) is 13.2 Å². The molecule has 0 rings (SSSR count). The normalized spacial score (nSPS) is 9.21. The number of amides is 1. The number of ether oxygens (including phenoxy) is 3. The van der Waals surface area contributed by atoms with Crippen molar-refractivity contribution in [2.45, 2.75) is 34.0 Å². The van der Waals surface area contributed by atoms with E-state index in [1.807, 2.05) is 20.8 Å². The Balaban J connectivity index is 0. The molecule has 2 N–H and O–H groups in total. The summed E-state index contributed by atoms with van der Waals surface area (Å²) in [6.07, 6.45) is -0.748. The molecule has 0 aromatic rings. The molecule has 0 aliphatic rings. The van der Waals surface area contributed by atoms with Crippen LogP contribution in [0.25, 0.3) is 0 Å². The van der Waals surface area contributed by atoms with E-state index in [9.17, 15) is 4.79 Å². The van der Waals surface area contributed by atoms with Gasteiger partial charge in [-0.1, -0.05) is 0 Å². The molecule has 1 amide bonds. The number of primary amides is 1. The van der Waals surface area contributed by atoms with Crippen molar-refractivity contribution in [3.63, 3.8) is 0 Å². The highest BCUT2D eigenvalue weighted by Gasteiger charge is 1.94. The number of carbonyl (C=O) groups is 1. The quantitative estimate of drug-likeness (QED) is 0.693. The SMILES string of the molecule is CCOC(C)OCC.CCOC(N)=O. The van der Waals surface area contributed by atoms with E-state index in [-0.39, 0.29) is 6.29 Å². The van der Waals surface area contributed by atoms with Crippen molar-refractivity contribution in [3.8, 4) is 0 Å². The molecule has 5 heteroatoms. The lowest BCUT2D eigenvalue weighted by Crippen LogP contribution is -2.11. The minimum absolute atomic E-state index is 0.0370. The van der Waals surface area contributed by atoms with Crippen molar-refractivity contribution in [1.29, 1.82) is 0 Å². The lowest BCUT2D eigenvalue weighted by molar-refractivity contribution is -0.123. The maximum Gasteiger partial charge on any atom is 0.404 e. The maximum atomic E-state index is 9.60. The van der Waals surface area contributed by atoms with Crippen LogP contribution in [0, 0.1) is 0 Å². The zero-order valence-corrected chi connectivity index (χ0v) is 9.41. The summed E-state index contributed by atoms with van der Waals surface area (Å²) < 4.78 is 14.3. The third kappa shape index (κ3) is 17.3. The molecular weight excluding hydrogens is 186 g/mol. The zero-order valence-electron chi connectivity index (χ0n) is 9.41. The Bertz CT molecular complexity index is 124. The Hall–Kier alpha value is -0.810. The fraction of sp³-hybridized carbons (Fsp3) is 0.889. The van der Waals surface area contributed by atoms with Crippen LogP contribution in [0.1, 0.15) is 27.7 Å². The summed E-state index contributed by atoms with van der Waals surface area (Å²) in [7, 11) is 0. The number of hydrogen-bond donors (Lipinski definition) is 1. The number of hydrogen-bond acceptors (Lipinski definition) is 4. The molecule has 0 aromatic carbocycles. The average Bonchev–Trinajstić information content (AvgIpc) is 2.05. The van der Waals surface area contributed by atoms with Crippen molar-refractivity contribution in [3.05, 3.63) is 0 Å². The second-order valence-electron chi connectivity index (χ2n) is 2.23. The van der Waals surface area contributed by atoms with E-state index in [0.29, 0.717) is 6.61 Å². The largest absolute Gasteiger partial charge is 0.450 e. The smallest absolute Gasteiger partial charge is 0.404 e. The molecule has 0 saturated carbocycles. The maximum absolute atomic E-state index is 9.60. The van der Waals surface area contributed by atoms with E-state index in [1.54, 1.807) is 6.92 Å². The Morgan fingerprint density at radius 1 is 1.14 bits per heavy atom. The van der Waals surface area contributed by atoms with Crippen molar-refractivity contribution < 1.29 is 19.0 Å². The topological polar surface area (TPSA) is 70.8 Å². The van der Waals surface area contributed by atoms with Gasteiger partial charge in [-0.3, -0.25) is 0 Å². The van der Waals surface area contributed by atoms with Crippen LogP contribution in [0.4, 0.5) is 4.79 Å². The highest BCUT2D eigenvalue weighted by atomic mass is 16.7. The summed E-state index contributed by atoms with van der Waals surface area (Å²) in [5.41, 5.74) is 4.54. The highest BCUT2D eigenvalue weighted by molar-refractivity contribution is 5.64. The summed E-state index contributed by atoms with van der Waals surface area (Å²) in [6, 6.07) is 0. The van der Waals surface area contributed by atoms with Gasteiger partial charge in [-0.2, -0.15) is 0 Å². The van der Waals surface area contributed by atoms with Gasteiger partial charge in [0.25, 0.3) is 0 Å². The first kappa shape index (κ1) is 15.7. The van der Waals surface area contributed by atoms with Crippen LogP contribution in [0.5, 0.6) is 0 Å². The number of rotatable bonds is 5. The van der Waals surface area contributed by atoms with Crippen LogP contribution in [0.3, 0.4) is 0 Å². The fourth-order valence-electron chi connectivity index (χ4n) is 0.660. The molecule has 0 aliphatic carbocycles. The van der Waals surface area contributed by atoms with Crippen molar-refractivity contribution >= 4 is 6.09 Å². The molecule has 0 aliphatic heterocycles. The molecule has 0 unspecified atom stereocenters. The van der Waals surface area contributed by atoms with E-state index >= 15 is 0 Å². The van der Waals surface area contributed by atoms with Gasteiger partial charge in [0.15, 0.2) is 6.29 Å². The van der Waals surface area contributed by atoms with Gasteiger partial charge in [-0.05, 0) is 27.7 Å². The third-order valence-electron chi connectivity index (χ3n) is 1.09. The molecule has 0 fully saturated rings. The van der Waals surface area contributed by atoms with Gasteiger partial charge in [-0.15, -0.1) is 0 Å². The molecule has 0 atom stereocenters. The molecule has 14 heavy (non-hydrogen) atoms. The summed E-state index contributed by atoms with van der Waals surface area (Å²) >= 11 is 0. The minimum Gasteiger partial charge on any atom is -0.450 e. The van der Waals surface area contributed by atoms with Crippen LogP contribution < -0.4 is 5.73 Å². The standard InChI is InChI=1S/C6H14O2.C3H7NO2/c1-4-7-6(3)8-5-2;1-2-6-3(4)5/h6H,4-5H2,1-3H3;2H2,1H3,(H2,4,5). The van der Waals surface area contributed by atoms with Gasteiger partial charge in [0, 0.05) is 13.2 Å². The van der Waals surface area contributed by atoms with Crippen LogP contribution in [-0.4, -0.2) is 32.2 Å². The third-order valence-corrected chi connectivity index (χ3v) is 1.09. The molecule has 0 heterocycles. The van der Waals surface area contributed by atoms with Gasteiger partial charge in [0.2, 0.25) is 0 Å². The number of carbonyl (C=O) groups excluding carboxylic acids is 1. The molecule has 0 spiro atoms. The van der Waals surface area contributed by atoms with Crippen LogP contribution >= 0.6 is 0 Å². The summed E-state index contributed by atoms with van der Waals surface area (Å²) in [5.74, 6) is 0. The van der Waals surface area contributed by atoms with E-state index in [2.05, 4.69) is 10.5 Å². The zero-order chi connectivity index (χ0) is 11.4. The fourth-order valence-corrected chi connectivity index (χ4v) is 0.660. The monoisotopic (exact) mass is 207 g/mol. The average molecular weight is 207 g/mol. The number of nitrogens with two attached hydrogens (primary N) is 1. The molecule has 0 radical (unpaired) electrons. The second kappa shape index (κ2) is 12.2. The van der Waals surface area contributed by atoms with E-state index < -0.39 is 6.09 Å². The molecule has 0 saturated heterocycles. The van der Waals surface area contributed by atoms with Gasteiger partial charge in [0.1, 0.15) is 0 Å². The van der Waals surface area contributed by atoms with Gasteiger partial charge < -0.3 is 19.9 Å². The first-order valence-electron chi connectivity index (χ1n) is 4.73. The van der Waals surface area contributed by atoms with Crippen molar-refractivity contribution in [2.24, 2.45) is 5.73 Å². The van der Waals surface area contributed by atoms with Crippen molar-refractivity contribution in [2.75, 3.05) is 19.8 Å². The van der Waals surface area contributed by atoms with Gasteiger partial charge >= 0.3 is 6.09 Å². The summed E-state index contributed by atoms with van der Waals surface area (Å²) in [5, 5.41) is 0. The first-order valence-corrected chi connectivity index (χ1v) is 4.73. The van der Waals surface area contributed by atoms with Crippen LogP contribution in [0.2, 0.25) is 0 Å². The van der Waals surface area contributed by atoms with E-state index in [4.69, 9.17) is 9.47 Å².